The van der Waals surface area contributed by atoms with Gasteiger partial charge < -0.3 is 10.6 Å². The predicted octanol–water partition coefficient (Wildman–Crippen LogP) is 5.14. The first-order valence-electron chi connectivity index (χ1n) is 6.44. The fourth-order valence-electron chi connectivity index (χ4n) is 1.09. The molecule has 2 nitrogen and oxygen atoms in total. The SMILES string of the molecule is FC(F)=C(F)CCSC(=S)NCCNC(=S)SCCC(F)=C(F)F. The van der Waals surface area contributed by atoms with Crippen molar-refractivity contribution in [2.75, 3.05) is 24.6 Å². The second-order valence-electron chi connectivity index (χ2n) is 3.96. The average molecular weight is 429 g/mol. The van der Waals surface area contributed by atoms with Crippen molar-refractivity contribution in [1.29, 1.82) is 0 Å². The Balaban J connectivity index is 3.67. The summed E-state index contributed by atoms with van der Waals surface area (Å²) in [6.45, 7) is 0.741. The molecule has 0 unspecified atom stereocenters. The summed E-state index contributed by atoms with van der Waals surface area (Å²) in [6, 6.07) is 0. The molecule has 0 spiro atoms. The van der Waals surface area contributed by atoms with Gasteiger partial charge in [0.2, 0.25) is 0 Å². The zero-order valence-corrected chi connectivity index (χ0v) is 15.4. The van der Waals surface area contributed by atoms with E-state index < -0.39 is 36.7 Å². The molecule has 0 amide bonds. The van der Waals surface area contributed by atoms with Crippen molar-refractivity contribution in [2.24, 2.45) is 0 Å². The molecule has 0 aromatic heterocycles. The summed E-state index contributed by atoms with van der Waals surface area (Å²) in [4.78, 5) is 0. The van der Waals surface area contributed by atoms with Crippen LogP contribution in [0.5, 0.6) is 0 Å². The maximum atomic E-state index is 12.5. The lowest BCUT2D eigenvalue weighted by Crippen LogP contribution is -2.31. The molecule has 0 saturated heterocycles. The highest BCUT2D eigenvalue weighted by Gasteiger charge is 2.07. The summed E-state index contributed by atoms with van der Waals surface area (Å²) in [7, 11) is 0. The molecule has 0 aromatic rings. The molecule has 0 atom stereocenters. The predicted molar refractivity (Wildman–Crippen MR) is 96.1 cm³/mol. The Morgan fingerprint density at radius 2 is 1.00 bits per heavy atom. The molecule has 0 heterocycles. The summed E-state index contributed by atoms with van der Waals surface area (Å²) in [5, 5.41) is 5.60. The molecule has 138 valence electrons. The summed E-state index contributed by atoms with van der Waals surface area (Å²) in [5.41, 5.74) is 0. The second-order valence-corrected chi connectivity index (χ2v) is 7.50. The number of hydrogen-bond acceptors (Lipinski definition) is 4. The molecule has 0 fully saturated rings. The van der Waals surface area contributed by atoms with Gasteiger partial charge in [0.25, 0.3) is 0 Å². The molecule has 2 N–H and O–H groups in total. The average Bonchev–Trinajstić information content (AvgIpc) is 2.51. The zero-order chi connectivity index (χ0) is 18.5. The van der Waals surface area contributed by atoms with Gasteiger partial charge in [-0.15, -0.1) is 0 Å². The quantitative estimate of drug-likeness (QED) is 0.300. The van der Waals surface area contributed by atoms with Crippen LogP contribution in [0.1, 0.15) is 12.8 Å². The number of thiocarbonyl (C=S) groups is 2. The van der Waals surface area contributed by atoms with E-state index in [1.165, 1.54) is 0 Å². The Kier molecular flexibility index (Phi) is 13.5. The van der Waals surface area contributed by atoms with Gasteiger partial charge >= 0.3 is 12.2 Å². The Labute approximate surface area is 154 Å². The number of nitrogens with one attached hydrogen (secondary N) is 2. The van der Waals surface area contributed by atoms with E-state index in [9.17, 15) is 26.3 Å². The first kappa shape index (κ1) is 23.5. The van der Waals surface area contributed by atoms with Crippen molar-refractivity contribution < 1.29 is 26.3 Å². The van der Waals surface area contributed by atoms with Crippen LogP contribution >= 0.6 is 48.0 Å². The van der Waals surface area contributed by atoms with Crippen molar-refractivity contribution >= 4 is 56.6 Å². The minimum absolute atomic E-state index is 0.0842. The summed E-state index contributed by atoms with van der Waals surface area (Å²) >= 11 is 11.9. The number of rotatable bonds is 9. The smallest absolute Gasteiger partial charge is 0.301 e. The first-order chi connectivity index (χ1) is 11.2. The molecule has 0 rings (SSSR count). The van der Waals surface area contributed by atoms with Crippen LogP contribution in [0.2, 0.25) is 0 Å². The maximum absolute atomic E-state index is 12.5. The number of hydrogen-bond donors (Lipinski definition) is 2. The van der Waals surface area contributed by atoms with Gasteiger partial charge in [0.05, 0.1) is 0 Å². The summed E-state index contributed by atoms with van der Waals surface area (Å²) < 4.78 is 73.0. The van der Waals surface area contributed by atoms with E-state index in [2.05, 4.69) is 10.6 Å². The van der Waals surface area contributed by atoms with Crippen LogP contribution in [-0.2, 0) is 0 Å². The van der Waals surface area contributed by atoms with E-state index in [0.29, 0.717) is 21.7 Å². The third kappa shape index (κ3) is 12.9. The van der Waals surface area contributed by atoms with Crippen LogP contribution in [0.25, 0.3) is 0 Å². The van der Waals surface area contributed by atoms with E-state index in [4.69, 9.17) is 24.4 Å². The van der Waals surface area contributed by atoms with Crippen molar-refractivity contribution in [1.82, 2.24) is 10.6 Å². The molecule has 0 aromatic carbocycles. The van der Waals surface area contributed by atoms with Crippen LogP contribution in [0.3, 0.4) is 0 Å². The fourth-order valence-corrected chi connectivity index (χ4v) is 3.13. The maximum Gasteiger partial charge on any atom is 0.301 e. The number of thioether (sulfide) groups is 2. The topological polar surface area (TPSA) is 24.1 Å². The highest BCUT2D eigenvalue weighted by molar-refractivity contribution is 8.23. The van der Waals surface area contributed by atoms with Gasteiger partial charge in [-0.25, -0.2) is 8.78 Å². The van der Waals surface area contributed by atoms with Gasteiger partial charge in [0, 0.05) is 37.4 Å². The minimum Gasteiger partial charge on any atom is -0.369 e. The third-order valence-corrected chi connectivity index (χ3v) is 4.81. The lowest BCUT2D eigenvalue weighted by atomic mass is 10.4. The van der Waals surface area contributed by atoms with Crippen molar-refractivity contribution in [3.63, 3.8) is 0 Å². The van der Waals surface area contributed by atoms with Gasteiger partial charge in [-0.3, -0.25) is 0 Å². The molecular weight excluding hydrogens is 414 g/mol. The van der Waals surface area contributed by atoms with Crippen molar-refractivity contribution in [3.05, 3.63) is 23.8 Å². The van der Waals surface area contributed by atoms with Crippen molar-refractivity contribution in [2.45, 2.75) is 12.8 Å². The molecular formula is C12H14F6N2S4. The molecule has 0 aliphatic heterocycles. The Bertz CT molecular complexity index is 446. The molecule has 12 heteroatoms. The number of halogens is 6. The van der Waals surface area contributed by atoms with Crippen LogP contribution < -0.4 is 10.6 Å². The fraction of sp³-hybridized carbons (Fsp3) is 0.500. The lowest BCUT2D eigenvalue weighted by molar-refractivity contribution is 0.373. The van der Waals surface area contributed by atoms with Crippen LogP contribution in [-0.4, -0.2) is 33.2 Å². The highest BCUT2D eigenvalue weighted by Crippen LogP contribution is 2.17. The zero-order valence-electron chi connectivity index (χ0n) is 12.1. The Morgan fingerprint density at radius 3 is 1.29 bits per heavy atom. The third-order valence-electron chi connectivity index (χ3n) is 2.18. The minimum atomic E-state index is -2.32. The Morgan fingerprint density at radius 1 is 0.667 bits per heavy atom. The molecule has 0 saturated carbocycles. The number of allylic oxidation sites excluding steroid dienone is 2. The molecule has 24 heavy (non-hydrogen) atoms. The first-order valence-corrected chi connectivity index (χ1v) is 9.23. The monoisotopic (exact) mass is 428 g/mol. The molecule has 0 aliphatic carbocycles. The van der Waals surface area contributed by atoms with E-state index in [0.717, 1.165) is 23.5 Å². The molecule has 0 aliphatic rings. The van der Waals surface area contributed by atoms with E-state index in [1.807, 2.05) is 0 Å². The van der Waals surface area contributed by atoms with Crippen LogP contribution in [0.15, 0.2) is 23.8 Å². The van der Waals surface area contributed by atoms with Gasteiger partial charge in [0.1, 0.15) is 8.64 Å². The van der Waals surface area contributed by atoms with Crippen molar-refractivity contribution in [3.8, 4) is 0 Å². The van der Waals surface area contributed by atoms with Gasteiger partial charge in [0.15, 0.2) is 11.7 Å². The van der Waals surface area contributed by atoms with Gasteiger partial charge in [-0.2, -0.15) is 17.6 Å². The lowest BCUT2D eigenvalue weighted by Gasteiger charge is -2.09. The van der Waals surface area contributed by atoms with Gasteiger partial charge in [-0.1, -0.05) is 48.0 Å². The normalized spacial score (nSPS) is 10.1. The molecule has 0 bridgehead atoms. The molecule has 0 radical (unpaired) electrons. The standard InChI is InChI=1S/C12H14F6N2S4/c13-7(9(15)16)1-5-23-11(21)19-3-4-20-12(22)24-6-2-8(14)10(17)18/h1-6H2,(H,19,21)(H,20,22). The summed E-state index contributed by atoms with van der Waals surface area (Å²) in [6.07, 6.45) is -5.46. The highest BCUT2D eigenvalue weighted by atomic mass is 32.2. The summed E-state index contributed by atoms with van der Waals surface area (Å²) in [5.74, 6) is -2.73. The van der Waals surface area contributed by atoms with E-state index in [-0.39, 0.29) is 11.5 Å². The largest absolute Gasteiger partial charge is 0.369 e. The van der Waals surface area contributed by atoms with Crippen LogP contribution in [0, 0.1) is 0 Å². The van der Waals surface area contributed by atoms with Crippen LogP contribution in [0.4, 0.5) is 26.3 Å². The second kappa shape index (κ2) is 13.8. The van der Waals surface area contributed by atoms with Gasteiger partial charge in [-0.05, 0) is 0 Å². The van der Waals surface area contributed by atoms with E-state index >= 15 is 0 Å². The van der Waals surface area contributed by atoms with E-state index in [1.54, 1.807) is 0 Å². The Hall–Kier alpha value is -0.460.